The lowest BCUT2D eigenvalue weighted by Crippen LogP contribution is -2.55. The van der Waals surface area contributed by atoms with Crippen molar-refractivity contribution in [2.75, 3.05) is 26.9 Å². The zero-order valence-corrected chi connectivity index (χ0v) is 21.9. The molecule has 0 spiro atoms. The molecule has 1 aromatic carbocycles. The van der Waals surface area contributed by atoms with Gasteiger partial charge in [-0.15, -0.1) is 0 Å². The number of furan rings is 1. The number of carbonyl (C=O) groups is 2. The van der Waals surface area contributed by atoms with Crippen LogP contribution in [-0.2, 0) is 4.74 Å². The van der Waals surface area contributed by atoms with Crippen LogP contribution in [0.25, 0.3) is 38.9 Å². The van der Waals surface area contributed by atoms with Crippen LogP contribution in [0, 0.1) is 0 Å². The molecule has 5 heterocycles. The first-order chi connectivity index (χ1) is 18.3. The van der Waals surface area contributed by atoms with E-state index in [2.05, 4.69) is 4.98 Å². The number of thiophene rings is 1. The van der Waals surface area contributed by atoms with Crippen LogP contribution in [0.15, 0.2) is 51.8 Å². The molecule has 1 aliphatic heterocycles. The van der Waals surface area contributed by atoms with Gasteiger partial charge in [-0.2, -0.15) is 16.4 Å². The maximum absolute atomic E-state index is 14.1. The van der Waals surface area contributed by atoms with Gasteiger partial charge in [-0.05, 0) is 37.4 Å². The molecule has 4 aromatic heterocycles. The Balaban J connectivity index is 1.59. The van der Waals surface area contributed by atoms with Crippen molar-refractivity contribution in [1.82, 2.24) is 19.7 Å². The smallest absolute Gasteiger partial charge is 0.277 e. The highest BCUT2D eigenvalue weighted by Crippen LogP contribution is 2.40. The highest BCUT2D eigenvalue weighted by Gasteiger charge is 2.38. The number of rotatable bonds is 5. The minimum Gasteiger partial charge on any atom is -0.496 e. The van der Waals surface area contributed by atoms with Gasteiger partial charge in [-0.25, -0.2) is 4.68 Å². The number of nitrogens with zero attached hydrogens (tertiary/aromatic N) is 4. The normalized spacial score (nSPS) is 15.3. The maximum atomic E-state index is 14.1. The average Bonchev–Trinajstić information content (AvgIpc) is 3.63. The second-order valence-electron chi connectivity index (χ2n) is 9.72. The number of fused-ring (bicyclic) bond motifs is 3. The van der Waals surface area contributed by atoms with Gasteiger partial charge in [0.2, 0.25) is 5.91 Å². The third kappa shape index (κ3) is 3.82. The van der Waals surface area contributed by atoms with Gasteiger partial charge < -0.3 is 24.5 Å². The Morgan fingerprint density at radius 3 is 2.76 bits per heavy atom. The lowest BCUT2D eigenvalue weighted by Gasteiger charge is -2.41. The van der Waals surface area contributed by atoms with E-state index in [0.717, 1.165) is 5.69 Å². The number of amides is 2. The van der Waals surface area contributed by atoms with Crippen LogP contribution in [0.4, 0.5) is 0 Å². The largest absolute Gasteiger partial charge is 0.496 e. The molecule has 0 atom stereocenters. The Bertz CT molecular complexity index is 1700. The van der Waals surface area contributed by atoms with Crippen LogP contribution in [-0.4, -0.2) is 63.9 Å². The predicted molar refractivity (Wildman–Crippen MR) is 143 cm³/mol. The second kappa shape index (κ2) is 8.96. The fourth-order valence-electron chi connectivity index (χ4n) is 4.85. The molecule has 0 radical (unpaired) electrons. The van der Waals surface area contributed by atoms with Gasteiger partial charge in [0.15, 0.2) is 11.3 Å². The summed E-state index contributed by atoms with van der Waals surface area (Å²) in [5.74, 6) is -0.240. The van der Waals surface area contributed by atoms with Crippen molar-refractivity contribution in [1.29, 1.82) is 0 Å². The molecule has 0 bridgehead atoms. The number of aromatic nitrogens is 3. The number of nitrogens with two attached hydrogens (primary N) is 1. The quantitative estimate of drug-likeness (QED) is 0.359. The first kappa shape index (κ1) is 24.1. The SMILES string of the molecule is COc1cc2oc3c(C(=O)N4CCOCC4(C)C)n(-c4ccsc4)nc3c2cc1-c1cncc(C(N)=O)c1. The standard InChI is InChI=1S/C27H25N5O5S/c1-27(2)14-36-6-5-31(27)26(34)23-24-22(30-32(23)17-4-7-38-13-17)19-9-18(20(35-3)10-21(19)37-24)15-8-16(25(28)33)12-29-11-15/h4,7-13H,5-6,14H2,1-3H3,(H2,28,33). The Kier molecular flexibility index (Phi) is 5.69. The fourth-order valence-corrected chi connectivity index (χ4v) is 5.46. The molecule has 194 valence electrons. The number of primary amides is 1. The molecule has 2 amide bonds. The van der Waals surface area contributed by atoms with E-state index in [1.54, 1.807) is 30.1 Å². The van der Waals surface area contributed by atoms with Gasteiger partial charge in [0, 0.05) is 46.9 Å². The highest BCUT2D eigenvalue weighted by molar-refractivity contribution is 7.08. The first-order valence-electron chi connectivity index (χ1n) is 12.0. The topological polar surface area (TPSA) is 126 Å². The Labute approximate surface area is 221 Å². The summed E-state index contributed by atoms with van der Waals surface area (Å²) in [5, 5.41) is 9.43. The fraction of sp³-hybridized carbons (Fsp3) is 0.259. The summed E-state index contributed by atoms with van der Waals surface area (Å²) in [7, 11) is 1.55. The van der Waals surface area contributed by atoms with Crippen molar-refractivity contribution in [3.05, 3.63) is 58.7 Å². The molecule has 1 aliphatic rings. The monoisotopic (exact) mass is 531 g/mol. The Hall–Kier alpha value is -4.22. The summed E-state index contributed by atoms with van der Waals surface area (Å²) in [6.45, 7) is 5.33. The maximum Gasteiger partial charge on any atom is 0.277 e. The lowest BCUT2D eigenvalue weighted by atomic mass is 10.0. The van der Waals surface area contributed by atoms with Crippen molar-refractivity contribution in [2.45, 2.75) is 19.4 Å². The molecule has 0 aliphatic carbocycles. The third-order valence-corrected chi connectivity index (χ3v) is 7.46. The molecule has 2 N–H and O–H groups in total. The molecule has 1 fully saturated rings. The molecule has 6 rings (SSSR count). The van der Waals surface area contributed by atoms with Crippen molar-refractivity contribution in [3.63, 3.8) is 0 Å². The highest BCUT2D eigenvalue weighted by atomic mass is 32.1. The first-order valence-corrected chi connectivity index (χ1v) is 12.9. The van der Waals surface area contributed by atoms with Crippen molar-refractivity contribution in [2.24, 2.45) is 5.73 Å². The molecule has 10 nitrogen and oxygen atoms in total. The van der Waals surface area contributed by atoms with Gasteiger partial charge >= 0.3 is 0 Å². The van der Waals surface area contributed by atoms with Crippen molar-refractivity contribution < 1.29 is 23.5 Å². The van der Waals surface area contributed by atoms with E-state index in [9.17, 15) is 9.59 Å². The van der Waals surface area contributed by atoms with E-state index < -0.39 is 11.4 Å². The molecule has 11 heteroatoms. The van der Waals surface area contributed by atoms with Crippen molar-refractivity contribution in [3.8, 4) is 22.6 Å². The molecule has 0 unspecified atom stereocenters. The van der Waals surface area contributed by atoms with Crippen LogP contribution in [0.1, 0.15) is 34.7 Å². The van der Waals surface area contributed by atoms with Crippen LogP contribution >= 0.6 is 11.3 Å². The average molecular weight is 532 g/mol. The van der Waals surface area contributed by atoms with E-state index in [0.29, 0.717) is 64.4 Å². The number of hydrogen-bond acceptors (Lipinski definition) is 8. The van der Waals surface area contributed by atoms with Crippen LogP contribution in [0.2, 0.25) is 0 Å². The predicted octanol–water partition coefficient (Wildman–Crippen LogP) is 4.25. The number of morpholine rings is 1. The van der Waals surface area contributed by atoms with Gasteiger partial charge in [-0.3, -0.25) is 14.6 Å². The lowest BCUT2D eigenvalue weighted by molar-refractivity contribution is -0.0374. The van der Waals surface area contributed by atoms with Crippen molar-refractivity contribution >= 4 is 45.2 Å². The minimum absolute atomic E-state index is 0.184. The van der Waals surface area contributed by atoms with E-state index in [1.807, 2.05) is 41.6 Å². The summed E-state index contributed by atoms with van der Waals surface area (Å²) in [4.78, 5) is 31.8. The van der Waals surface area contributed by atoms with Gasteiger partial charge in [0.25, 0.3) is 5.91 Å². The molecule has 0 saturated carbocycles. The Morgan fingerprint density at radius 2 is 2.05 bits per heavy atom. The van der Waals surface area contributed by atoms with Gasteiger partial charge in [0.1, 0.15) is 16.8 Å². The molecule has 1 saturated heterocycles. The number of carbonyl (C=O) groups excluding carboxylic acids is 2. The summed E-state index contributed by atoms with van der Waals surface area (Å²) in [5.41, 5.74) is 9.18. The van der Waals surface area contributed by atoms with E-state index >= 15 is 0 Å². The Morgan fingerprint density at radius 1 is 1.21 bits per heavy atom. The summed E-state index contributed by atoms with van der Waals surface area (Å²) in [6, 6.07) is 7.20. The van der Waals surface area contributed by atoms with Crippen LogP contribution < -0.4 is 10.5 Å². The summed E-state index contributed by atoms with van der Waals surface area (Å²) < 4.78 is 19.2. The van der Waals surface area contributed by atoms with Gasteiger partial charge in [-0.1, -0.05) is 0 Å². The zero-order chi connectivity index (χ0) is 26.6. The van der Waals surface area contributed by atoms with E-state index in [1.165, 1.54) is 17.5 Å². The third-order valence-electron chi connectivity index (χ3n) is 6.79. The molecular formula is C27H25N5O5S. The number of methoxy groups -OCH3 is 1. The minimum atomic E-state index is -0.575. The van der Waals surface area contributed by atoms with Crippen LogP contribution in [0.5, 0.6) is 5.75 Å². The second-order valence-corrected chi connectivity index (χ2v) is 10.5. The van der Waals surface area contributed by atoms with Crippen LogP contribution in [0.3, 0.4) is 0 Å². The molecule has 38 heavy (non-hydrogen) atoms. The number of hydrogen-bond donors (Lipinski definition) is 1. The number of benzene rings is 1. The number of pyridine rings is 1. The number of ether oxygens (including phenoxy) is 2. The molecular weight excluding hydrogens is 506 g/mol. The summed E-state index contributed by atoms with van der Waals surface area (Å²) in [6.07, 6.45) is 3.05. The van der Waals surface area contributed by atoms with Gasteiger partial charge in [0.05, 0.1) is 37.1 Å². The summed E-state index contributed by atoms with van der Waals surface area (Å²) >= 11 is 1.52. The zero-order valence-electron chi connectivity index (χ0n) is 21.1. The van der Waals surface area contributed by atoms with E-state index in [-0.39, 0.29) is 11.5 Å². The van der Waals surface area contributed by atoms with E-state index in [4.69, 9.17) is 24.7 Å². The molecule has 5 aromatic rings.